The van der Waals surface area contributed by atoms with E-state index < -0.39 is 17.8 Å². The van der Waals surface area contributed by atoms with Crippen molar-refractivity contribution in [1.29, 1.82) is 0 Å². The fourth-order valence-electron chi connectivity index (χ4n) is 2.61. The minimum atomic E-state index is -0.712. The van der Waals surface area contributed by atoms with Gasteiger partial charge < -0.3 is 22.1 Å². The first-order valence-electron chi connectivity index (χ1n) is 9.35. The number of nitrogens with one attached hydrogen (secondary N) is 2. The summed E-state index contributed by atoms with van der Waals surface area (Å²) in [5, 5.41) is 5.54. The Morgan fingerprint density at radius 2 is 2.03 bits per heavy atom. The molecule has 2 rings (SSSR count). The van der Waals surface area contributed by atoms with Gasteiger partial charge in [-0.25, -0.2) is 9.37 Å². The molecule has 2 heterocycles. The Bertz CT molecular complexity index is 1010. The van der Waals surface area contributed by atoms with Crippen molar-refractivity contribution < 1.29 is 9.18 Å². The molecule has 31 heavy (non-hydrogen) atoms. The molecule has 7 nitrogen and oxygen atoms in total. The summed E-state index contributed by atoms with van der Waals surface area (Å²) in [6.45, 7) is 5.76. The van der Waals surface area contributed by atoms with E-state index in [1.54, 1.807) is 18.2 Å². The summed E-state index contributed by atoms with van der Waals surface area (Å²) < 4.78 is 14.2. The lowest BCUT2D eigenvalue weighted by Crippen LogP contribution is -2.44. The summed E-state index contributed by atoms with van der Waals surface area (Å²) in [4.78, 5) is 21.2. The summed E-state index contributed by atoms with van der Waals surface area (Å²) in [6.07, 6.45) is 3.94. The Morgan fingerprint density at radius 1 is 1.29 bits per heavy atom. The minimum absolute atomic E-state index is 0.0434. The fourth-order valence-corrected chi connectivity index (χ4v) is 2.94. The molecular weight excluding hydrogens is 442 g/mol. The Balaban J connectivity index is 2.19. The van der Waals surface area contributed by atoms with E-state index in [1.807, 2.05) is 6.92 Å². The molecule has 1 atom stereocenters. The van der Waals surface area contributed by atoms with Crippen LogP contribution in [0.4, 0.5) is 4.39 Å². The molecule has 1 amide bonds. The van der Waals surface area contributed by atoms with E-state index in [0.717, 1.165) is 0 Å². The van der Waals surface area contributed by atoms with Crippen molar-refractivity contribution >= 4 is 34.8 Å². The molecule has 2 aromatic heterocycles. The highest BCUT2D eigenvalue weighted by molar-refractivity contribution is 6.34. The molecule has 0 fully saturated rings. The molecule has 164 valence electrons. The maximum absolute atomic E-state index is 14.2. The number of hydrogen-bond donors (Lipinski definition) is 4. The monoisotopic (exact) mass is 464 g/mol. The predicted molar refractivity (Wildman–Crippen MR) is 122 cm³/mol. The van der Waals surface area contributed by atoms with Crippen molar-refractivity contribution in [2.24, 2.45) is 11.5 Å². The highest BCUT2D eigenvalue weighted by Gasteiger charge is 2.20. The molecule has 0 aliphatic heterocycles. The van der Waals surface area contributed by atoms with E-state index in [2.05, 4.69) is 27.2 Å². The molecule has 2 aromatic rings. The van der Waals surface area contributed by atoms with Crippen molar-refractivity contribution in [3.05, 3.63) is 76.7 Å². The van der Waals surface area contributed by atoms with Crippen LogP contribution in [-0.2, 0) is 4.79 Å². The summed E-state index contributed by atoms with van der Waals surface area (Å²) in [6, 6.07) is 7.04. The number of carbonyl (C=O) groups excluding carboxylic acids is 1. The van der Waals surface area contributed by atoms with Crippen molar-refractivity contribution in [1.82, 2.24) is 20.6 Å². The highest BCUT2D eigenvalue weighted by atomic mass is 35.5. The standard InChI is InChI=1S/C21H23Cl2FN6O/c1-3-6-17(30-20(26)13(22)11-18(23)25)21(31)28-12(2)15-9-8-14(24)19(29-15)16-7-4-5-10-27-16/h4-5,7-11,17,30H,2-3,6,25-26H2,1H3,(H,28,31)/b18-11-,20-13-. The number of aromatic nitrogens is 2. The first kappa shape index (κ1) is 24.2. The zero-order valence-electron chi connectivity index (χ0n) is 16.8. The maximum Gasteiger partial charge on any atom is 0.246 e. The molecule has 0 aliphatic carbocycles. The Morgan fingerprint density at radius 3 is 2.65 bits per heavy atom. The third kappa shape index (κ3) is 6.97. The largest absolute Gasteiger partial charge is 0.389 e. The Labute approximate surface area is 190 Å². The summed E-state index contributed by atoms with van der Waals surface area (Å²) in [5.41, 5.74) is 12.2. The van der Waals surface area contributed by atoms with Gasteiger partial charge in [-0.1, -0.05) is 49.2 Å². The average molecular weight is 465 g/mol. The van der Waals surface area contributed by atoms with Gasteiger partial charge in [-0.3, -0.25) is 9.78 Å². The normalized spacial score (nSPS) is 13.2. The number of allylic oxidation sites excluding steroid dienone is 2. The molecule has 10 heteroatoms. The van der Waals surface area contributed by atoms with Gasteiger partial charge in [0.2, 0.25) is 5.91 Å². The Kier molecular flexibility index (Phi) is 8.84. The topological polar surface area (TPSA) is 119 Å². The number of nitrogens with zero attached hydrogens (tertiary/aromatic N) is 2. The van der Waals surface area contributed by atoms with Gasteiger partial charge in [0.05, 0.1) is 22.1 Å². The fraction of sp³-hybridized carbons (Fsp3) is 0.190. The second-order valence-electron chi connectivity index (χ2n) is 6.49. The molecule has 0 aliphatic rings. The highest BCUT2D eigenvalue weighted by Crippen LogP contribution is 2.20. The van der Waals surface area contributed by atoms with Crippen LogP contribution >= 0.6 is 23.2 Å². The van der Waals surface area contributed by atoms with Crippen LogP contribution in [0.5, 0.6) is 0 Å². The SMILES string of the molecule is C=C(NC(=O)C(CCC)N/C(N)=C(Cl)/C=C(\N)Cl)c1ccc(F)c(-c2ccccn2)n1. The minimum Gasteiger partial charge on any atom is -0.389 e. The van der Waals surface area contributed by atoms with Crippen LogP contribution in [0.1, 0.15) is 25.5 Å². The van der Waals surface area contributed by atoms with Crippen LogP contribution in [0.2, 0.25) is 0 Å². The van der Waals surface area contributed by atoms with Crippen molar-refractivity contribution in [3.63, 3.8) is 0 Å². The molecule has 1 unspecified atom stereocenters. The Hall–Kier alpha value is -3.10. The summed E-state index contributed by atoms with van der Waals surface area (Å²) in [5.74, 6) is -0.902. The van der Waals surface area contributed by atoms with E-state index in [1.165, 1.54) is 24.4 Å². The van der Waals surface area contributed by atoms with Gasteiger partial charge in [-0.05, 0) is 36.8 Å². The van der Waals surface area contributed by atoms with E-state index in [4.69, 9.17) is 34.7 Å². The first-order chi connectivity index (χ1) is 14.7. The molecule has 0 spiro atoms. The molecule has 0 saturated carbocycles. The van der Waals surface area contributed by atoms with Gasteiger partial charge in [0.1, 0.15) is 22.7 Å². The van der Waals surface area contributed by atoms with Gasteiger partial charge in [0.15, 0.2) is 5.82 Å². The lowest BCUT2D eigenvalue weighted by molar-refractivity contribution is -0.121. The van der Waals surface area contributed by atoms with Gasteiger partial charge in [-0.2, -0.15) is 0 Å². The van der Waals surface area contributed by atoms with Crippen LogP contribution in [0.15, 0.2) is 65.2 Å². The van der Waals surface area contributed by atoms with Crippen LogP contribution in [0.3, 0.4) is 0 Å². The zero-order valence-corrected chi connectivity index (χ0v) is 18.3. The number of pyridine rings is 2. The van der Waals surface area contributed by atoms with E-state index in [-0.39, 0.29) is 27.4 Å². The zero-order chi connectivity index (χ0) is 23.0. The molecule has 0 radical (unpaired) electrons. The van der Waals surface area contributed by atoms with Crippen molar-refractivity contribution in [3.8, 4) is 11.4 Å². The van der Waals surface area contributed by atoms with Crippen LogP contribution in [-0.4, -0.2) is 21.9 Å². The number of halogens is 3. The lowest BCUT2D eigenvalue weighted by Gasteiger charge is -2.20. The number of nitrogens with two attached hydrogens (primary N) is 2. The quantitative estimate of drug-likeness (QED) is 0.332. The number of rotatable bonds is 9. The van der Waals surface area contributed by atoms with E-state index in [0.29, 0.717) is 24.2 Å². The van der Waals surface area contributed by atoms with Gasteiger partial charge in [0, 0.05) is 6.20 Å². The van der Waals surface area contributed by atoms with Gasteiger partial charge in [0.25, 0.3) is 0 Å². The second-order valence-corrected chi connectivity index (χ2v) is 7.33. The first-order valence-corrected chi connectivity index (χ1v) is 10.1. The third-order valence-corrected chi connectivity index (χ3v) is 4.50. The van der Waals surface area contributed by atoms with Gasteiger partial charge >= 0.3 is 0 Å². The maximum atomic E-state index is 14.2. The molecule has 0 saturated heterocycles. The second kappa shape index (κ2) is 11.3. The third-order valence-electron chi connectivity index (χ3n) is 4.08. The molecule has 0 aromatic carbocycles. The smallest absolute Gasteiger partial charge is 0.246 e. The van der Waals surface area contributed by atoms with E-state index in [9.17, 15) is 9.18 Å². The summed E-state index contributed by atoms with van der Waals surface area (Å²) >= 11 is 11.6. The summed E-state index contributed by atoms with van der Waals surface area (Å²) in [7, 11) is 0. The lowest BCUT2D eigenvalue weighted by atomic mass is 10.1. The molecule has 0 bridgehead atoms. The van der Waals surface area contributed by atoms with Crippen LogP contribution in [0, 0.1) is 5.82 Å². The predicted octanol–water partition coefficient (Wildman–Crippen LogP) is 3.53. The van der Waals surface area contributed by atoms with E-state index >= 15 is 0 Å². The van der Waals surface area contributed by atoms with Crippen LogP contribution < -0.4 is 22.1 Å². The molecule has 6 N–H and O–H groups in total. The van der Waals surface area contributed by atoms with Crippen molar-refractivity contribution in [2.45, 2.75) is 25.8 Å². The average Bonchev–Trinajstić information content (AvgIpc) is 2.73. The van der Waals surface area contributed by atoms with Gasteiger partial charge in [-0.15, -0.1) is 0 Å². The number of hydrogen-bond acceptors (Lipinski definition) is 6. The van der Waals surface area contributed by atoms with Crippen molar-refractivity contribution in [2.75, 3.05) is 0 Å². The number of amides is 1. The molecular formula is C21H23Cl2FN6O. The number of carbonyl (C=O) groups is 1. The van der Waals surface area contributed by atoms with Crippen LogP contribution in [0.25, 0.3) is 17.1 Å².